The quantitative estimate of drug-likeness (QED) is 0.321. The highest BCUT2D eigenvalue weighted by Gasteiger charge is 2.30. The van der Waals surface area contributed by atoms with Crippen LogP contribution >= 0.6 is 0 Å². The van der Waals surface area contributed by atoms with Gasteiger partial charge in [0.15, 0.2) is 0 Å². The predicted molar refractivity (Wildman–Crippen MR) is 134 cm³/mol. The van der Waals surface area contributed by atoms with Crippen LogP contribution in [0.4, 0.5) is 23.7 Å². The van der Waals surface area contributed by atoms with Crippen LogP contribution in [-0.4, -0.2) is 39.0 Å². The Labute approximate surface area is 211 Å². The fraction of sp³-hybridized carbons (Fsp3) is 0.222. The topological polar surface area (TPSA) is 83.1 Å². The number of nitrogens with one attached hydrogen (secondary N) is 2. The molecular formula is C27H24F3N5O2. The van der Waals surface area contributed by atoms with E-state index < -0.39 is 11.7 Å². The number of nitrogens with zero attached hydrogens (tertiary/aromatic N) is 3. The Morgan fingerprint density at radius 2 is 2.03 bits per heavy atom. The largest absolute Gasteiger partial charge is 0.439 e. The zero-order valence-corrected chi connectivity index (χ0v) is 19.9. The van der Waals surface area contributed by atoms with Crippen LogP contribution in [-0.2, 0) is 6.18 Å². The number of aromatic amines is 1. The normalized spacial score (nSPS) is 17.2. The highest BCUT2D eigenvalue weighted by molar-refractivity contribution is 5.91. The number of likely N-dealkylation sites (tertiary alicyclic amines) is 1. The molecule has 1 atom stereocenters. The molecule has 1 saturated heterocycles. The summed E-state index contributed by atoms with van der Waals surface area (Å²) < 4.78 is 43.9. The van der Waals surface area contributed by atoms with Crippen LogP contribution in [0.5, 0.6) is 11.6 Å². The van der Waals surface area contributed by atoms with Crippen LogP contribution in [0.3, 0.4) is 0 Å². The molecule has 1 aliphatic heterocycles. The number of hydrogen-bond donors (Lipinski definition) is 2. The molecule has 5 rings (SSSR count). The summed E-state index contributed by atoms with van der Waals surface area (Å²) in [4.78, 5) is 25.7. The number of benzene rings is 1. The van der Waals surface area contributed by atoms with Crippen molar-refractivity contribution in [3.8, 4) is 11.6 Å². The molecule has 190 valence electrons. The molecule has 0 bridgehead atoms. The van der Waals surface area contributed by atoms with Crippen molar-refractivity contribution < 1.29 is 22.7 Å². The van der Waals surface area contributed by atoms with E-state index in [0.717, 1.165) is 35.3 Å². The number of aromatic nitrogens is 3. The van der Waals surface area contributed by atoms with E-state index in [1.807, 2.05) is 30.3 Å². The third-order valence-corrected chi connectivity index (χ3v) is 6.23. The molecule has 1 unspecified atom stereocenters. The van der Waals surface area contributed by atoms with Crippen LogP contribution in [0, 0.1) is 5.92 Å². The summed E-state index contributed by atoms with van der Waals surface area (Å²) in [7, 11) is 0. The number of anilines is 1. The lowest BCUT2D eigenvalue weighted by Crippen LogP contribution is -2.42. The molecule has 2 N–H and O–H groups in total. The fourth-order valence-corrected chi connectivity index (χ4v) is 4.27. The standard InChI is InChI=1S/C27H24F3N5O2/c1-17-16-35(26(36)34-22-13-20-7-9-31-25(20)33-15-22)10-8-19(17)11-18-3-2-4-23(12-18)37-24-6-5-21(14-32-24)27(28,29)30/h2-7,9,11-15,17H,8,10,16H2,1H3,(H,31,33)(H,34,36). The third kappa shape index (κ3) is 5.74. The van der Waals surface area contributed by atoms with Crippen molar-refractivity contribution in [2.24, 2.45) is 5.92 Å². The first-order valence-electron chi connectivity index (χ1n) is 11.8. The minimum atomic E-state index is -4.45. The third-order valence-electron chi connectivity index (χ3n) is 6.23. The van der Waals surface area contributed by atoms with Gasteiger partial charge in [-0.05, 0) is 48.2 Å². The Kier molecular flexibility index (Phi) is 6.56. The second kappa shape index (κ2) is 9.96. The maximum atomic E-state index is 12.8. The molecule has 1 aromatic carbocycles. The summed E-state index contributed by atoms with van der Waals surface area (Å²) in [6, 6.07) is 13.0. The van der Waals surface area contributed by atoms with E-state index in [4.69, 9.17) is 4.74 Å². The SMILES string of the molecule is CC1CN(C(=O)Nc2cnc3[nH]ccc3c2)CCC1=Cc1cccc(Oc2ccc(C(F)(F)F)cn2)c1. The molecule has 1 fully saturated rings. The van der Waals surface area contributed by atoms with Crippen molar-refractivity contribution >= 4 is 28.8 Å². The number of amides is 2. The molecule has 37 heavy (non-hydrogen) atoms. The first-order valence-corrected chi connectivity index (χ1v) is 11.8. The zero-order chi connectivity index (χ0) is 26.0. The maximum Gasteiger partial charge on any atom is 0.417 e. The fourth-order valence-electron chi connectivity index (χ4n) is 4.27. The first-order chi connectivity index (χ1) is 17.7. The van der Waals surface area contributed by atoms with Gasteiger partial charge in [-0.15, -0.1) is 0 Å². The van der Waals surface area contributed by atoms with Gasteiger partial charge in [0, 0.05) is 36.9 Å². The number of carbonyl (C=O) groups is 1. The van der Waals surface area contributed by atoms with Crippen LogP contribution in [0.1, 0.15) is 24.5 Å². The number of hydrogen-bond acceptors (Lipinski definition) is 4. The van der Waals surface area contributed by atoms with Crippen molar-refractivity contribution in [2.45, 2.75) is 19.5 Å². The van der Waals surface area contributed by atoms with Gasteiger partial charge in [-0.2, -0.15) is 13.2 Å². The first kappa shape index (κ1) is 24.4. The zero-order valence-electron chi connectivity index (χ0n) is 19.9. The van der Waals surface area contributed by atoms with E-state index in [2.05, 4.69) is 33.3 Å². The van der Waals surface area contributed by atoms with Crippen LogP contribution in [0.2, 0.25) is 0 Å². The summed E-state index contributed by atoms with van der Waals surface area (Å²) in [6.45, 7) is 3.22. The van der Waals surface area contributed by atoms with Gasteiger partial charge in [-0.25, -0.2) is 14.8 Å². The smallest absolute Gasteiger partial charge is 0.417 e. The molecule has 3 aromatic heterocycles. The van der Waals surface area contributed by atoms with Gasteiger partial charge in [0.2, 0.25) is 5.88 Å². The second-order valence-electron chi connectivity index (χ2n) is 8.94. The van der Waals surface area contributed by atoms with Gasteiger partial charge >= 0.3 is 12.2 Å². The number of pyridine rings is 2. The Morgan fingerprint density at radius 3 is 2.78 bits per heavy atom. The van der Waals surface area contributed by atoms with Crippen molar-refractivity contribution in [3.63, 3.8) is 0 Å². The molecule has 7 nitrogen and oxygen atoms in total. The Balaban J connectivity index is 1.21. The molecule has 0 radical (unpaired) electrons. The van der Waals surface area contributed by atoms with Crippen LogP contribution < -0.4 is 10.1 Å². The molecule has 4 heterocycles. The number of carbonyl (C=O) groups excluding carboxylic acids is 1. The van der Waals surface area contributed by atoms with Crippen LogP contribution in [0.15, 0.2) is 72.7 Å². The van der Waals surface area contributed by atoms with Gasteiger partial charge in [0.05, 0.1) is 17.4 Å². The minimum absolute atomic E-state index is 0.0800. The molecular weight excluding hydrogens is 483 g/mol. The van der Waals surface area contributed by atoms with E-state index in [1.54, 1.807) is 23.4 Å². The number of halogens is 3. The predicted octanol–water partition coefficient (Wildman–Crippen LogP) is 6.73. The van der Waals surface area contributed by atoms with Crippen molar-refractivity contribution in [3.05, 3.63) is 83.8 Å². The van der Waals surface area contributed by atoms with Crippen LogP contribution in [0.25, 0.3) is 17.1 Å². The van der Waals surface area contributed by atoms with E-state index in [1.165, 1.54) is 11.6 Å². The number of alkyl halides is 3. The average Bonchev–Trinajstić information content (AvgIpc) is 3.33. The van der Waals surface area contributed by atoms with Gasteiger partial charge in [0.25, 0.3) is 0 Å². The van der Waals surface area contributed by atoms with Crippen molar-refractivity contribution in [2.75, 3.05) is 18.4 Å². The van der Waals surface area contributed by atoms with Gasteiger partial charge in [-0.3, -0.25) is 0 Å². The summed E-state index contributed by atoms with van der Waals surface area (Å²) in [5.74, 6) is 0.696. The molecule has 0 spiro atoms. The van der Waals surface area contributed by atoms with Crippen molar-refractivity contribution in [1.82, 2.24) is 19.9 Å². The number of ether oxygens (including phenoxy) is 1. The molecule has 2 amide bonds. The summed E-state index contributed by atoms with van der Waals surface area (Å²) in [5, 5.41) is 3.85. The minimum Gasteiger partial charge on any atom is -0.439 e. The molecule has 1 aliphatic rings. The molecule has 0 aliphatic carbocycles. The molecule has 4 aromatic rings. The van der Waals surface area contributed by atoms with Gasteiger partial charge in [0.1, 0.15) is 11.4 Å². The average molecular weight is 508 g/mol. The molecule has 0 saturated carbocycles. The Morgan fingerprint density at radius 1 is 1.16 bits per heavy atom. The van der Waals surface area contributed by atoms with Crippen molar-refractivity contribution in [1.29, 1.82) is 0 Å². The highest BCUT2D eigenvalue weighted by atomic mass is 19.4. The van der Waals surface area contributed by atoms with Gasteiger partial charge in [-0.1, -0.05) is 30.7 Å². The monoisotopic (exact) mass is 507 g/mol. The summed E-state index contributed by atoms with van der Waals surface area (Å²) in [5.41, 5.74) is 2.68. The van der Waals surface area contributed by atoms with E-state index in [9.17, 15) is 18.0 Å². The Bertz CT molecular complexity index is 1450. The number of rotatable bonds is 4. The maximum absolute atomic E-state index is 12.8. The number of piperidine rings is 1. The lowest BCUT2D eigenvalue weighted by molar-refractivity contribution is -0.137. The lowest BCUT2D eigenvalue weighted by Gasteiger charge is -2.33. The summed E-state index contributed by atoms with van der Waals surface area (Å²) >= 11 is 0. The van der Waals surface area contributed by atoms with E-state index in [-0.39, 0.29) is 17.8 Å². The highest BCUT2D eigenvalue weighted by Crippen LogP contribution is 2.31. The summed E-state index contributed by atoms with van der Waals surface area (Å²) in [6.07, 6.45) is 2.52. The Hall–Kier alpha value is -4.34. The lowest BCUT2D eigenvalue weighted by atomic mass is 9.91. The second-order valence-corrected chi connectivity index (χ2v) is 8.94. The van der Waals surface area contributed by atoms with E-state index >= 15 is 0 Å². The van der Waals surface area contributed by atoms with Gasteiger partial charge < -0.3 is 19.9 Å². The number of H-pyrrole nitrogens is 1. The molecule has 10 heteroatoms. The number of fused-ring (bicyclic) bond motifs is 1. The van der Waals surface area contributed by atoms with E-state index in [0.29, 0.717) is 24.5 Å². The number of urea groups is 1.